The Morgan fingerprint density at radius 2 is 2.08 bits per heavy atom. The second kappa shape index (κ2) is 11.1. The van der Waals surface area contributed by atoms with Gasteiger partial charge in [-0.2, -0.15) is 4.98 Å². The highest BCUT2D eigenvalue weighted by molar-refractivity contribution is 14.0. The van der Waals surface area contributed by atoms with E-state index in [1.807, 2.05) is 31.0 Å². The summed E-state index contributed by atoms with van der Waals surface area (Å²) >= 11 is 5.85. The Hall–Kier alpha value is -1.55. The number of nitrogens with zero attached hydrogens (tertiary/aromatic N) is 4. The summed E-state index contributed by atoms with van der Waals surface area (Å²) in [6.45, 7) is 6.11. The van der Waals surface area contributed by atoms with Crippen molar-refractivity contribution >= 4 is 41.5 Å². The molecule has 0 saturated carbocycles. The van der Waals surface area contributed by atoms with E-state index in [0.717, 1.165) is 18.3 Å². The van der Waals surface area contributed by atoms with Crippen LogP contribution >= 0.6 is 35.6 Å². The van der Waals surface area contributed by atoms with E-state index in [1.165, 1.54) is 0 Å². The first kappa shape index (κ1) is 21.5. The molecule has 0 aliphatic rings. The Morgan fingerprint density at radius 3 is 2.68 bits per heavy atom. The molecule has 138 valence electrons. The van der Waals surface area contributed by atoms with E-state index in [4.69, 9.17) is 20.9 Å². The molecule has 0 bridgehead atoms. The van der Waals surface area contributed by atoms with Crippen LogP contribution in [0.15, 0.2) is 33.8 Å². The van der Waals surface area contributed by atoms with Crippen molar-refractivity contribution < 1.29 is 9.26 Å². The number of hydrogen-bond donors (Lipinski definition) is 1. The number of benzene rings is 1. The molecule has 2 aromatic rings. The molecule has 0 radical (unpaired) electrons. The minimum absolute atomic E-state index is 0. The van der Waals surface area contributed by atoms with E-state index in [-0.39, 0.29) is 24.0 Å². The van der Waals surface area contributed by atoms with Crippen molar-refractivity contribution in [2.75, 3.05) is 26.7 Å². The number of likely N-dealkylation sites (N-methyl/N-ethyl adjacent to an activating group) is 1. The average Bonchev–Trinajstić information content (AvgIpc) is 2.98. The summed E-state index contributed by atoms with van der Waals surface area (Å²) < 4.78 is 10.8. The van der Waals surface area contributed by atoms with E-state index >= 15 is 0 Å². The highest BCUT2D eigenvalue weighted by atomic mass is 127. The van der Waals surface area contributed by atoms with E-state index < -0.39 is 0 Å². The van der Waals surface area contributed by atoms with E-state index in [1.54, 1.807) is 19.1 Å². The summed E-state index contributed by atoms with van der Waals surface area (Å²) in [6, 6.07) is 7.30. The van der Waals surface area contributed by atoms with E-state index in [0.29, 0.717) is 36.4 Å². The standard InChI is InChI=1S/C16H22ClN5O2.HI/c1-4-18-16(19-11-15-20-12(2)21-24-15)22(3)9-10-23-14-7-5-13(17)6-8-14;/h5-8H,4,9-11H2,1-3H3,(H,18,19);1H. The first-order valence-electron chi connectivity index (χ1n) is 7.75. The van der Waals surface area contributed by atoms with Crippen molar-refractivity contribution in [3.05, 3.63) is 41.0 Å². The van der Waals surface area contributed by atoms with Gasteiger partial charge in [0.25, 0.3) is 0 Å². The normalized spacial score (nSPS) is 11.0. The van der Waals surface area contributed by atoms with Crippen LogP contribution in [0.1, 0.15) is 18.6 Å². The molecule has 1 aromatic carbocycles. The van der Waals surface area contributed by atoms with Gasteiger partial charge in [-0.3, -0.25) is 0 Å². The maximum Gasteiger partial charge on any atom is 0.248 e. The number of aryl methyl sites for hydroxylation is 1. The zero-order chi connectivity index (χ0) is 17.4. The van der Waals surface area contributed by atoms with Gasteiger partial charge in [-0.25, -0.2) is 4.99 Å². The second-order valence-electron chi connectivity index (χ2n) is 5.13. The minimum atomic E-state index is 0. The molecule has 25 heavy (non-hydrogen) atoms. The molecule has 9 heteroatoms. The van der Waals surface area contributed by atoms with E-state index in [2.05, 4.69) is 20.4 Å². The number of aliphatic imine (C=N–C) groups is 1. The largest absolute Gasteiger partial charge is 0.492 e. The van der Waals surface area contributed by atoms with Crippen LogP contribution in [-0.2, 0) is 6.54 Å². The first-order valence-corrected chi connectivity index (χ1v) is 8.13. The number of halogens is 2. The van der Waals surface area contributed by atoms with Crippen molar-refractivity contribution in [3.63, 3.8) is 0 Å². The third-order valence-corrected chi connectivity index (χ3v) is 3.39. The van der Waals surface area contributed by atoms with Crippen molar-refractivity contribution in [1.82, 2.24) is 20.4 Å². The van der Waals surface area contributed by atoms with Gasteiger partial charge >= 0.3 is 0 Å². The molecular formula is C16H23ClIN5O2. The Balaban J connectivity index is 0.00000312. The summed E-state index contributed by atoms with van der Waals surface area (Å²) in [5, 5.41) is 7.68. The summed E-state index contributed by atoms with van der Waals surface area (Å²) in [5.41, 5.74) is 0. The molecule has 0 spiro atoms. The van der Waals surface area contributed by atoms with Gasteiger partial charge in [0.15, 0.2) is 11.8 Å². The Morgan fingerprint density at radius 1 is 1.36 bits per heavy atom. The molecule has 0 aliphatic heterocycles. The molecule has 0 saturated heterocycles. The average molecular weight is 480 g/mol. The number of aromatic nitrogens is 2. The van der Waals surface area contributed by atoms with Gasteiger partial charge in [-0.15, -0.1) is 24.0 Å². The predicted molar refractivity (Wildman–Crippen MR) is 109 cm³/mol. The Kier molecular flexibility index (Phi) is 9.58. The Labute approximate surface area is 169 Å². The fourth-order valence-electron chi connectivity index (χ4n) is 1.95. The summed E-state index contributed by atoms with van der Waals surface area (Å²) in [7, 11) is 1.95. The maximum atomic E-state index is 5.85. The fraction of sp³-hybridized carbons (Fsp3) is 0.438. The molecule has 0 amide bonds. The lowest BCUT2D eigenvalue weighted by Crippen LogP contribution is -2.40. The Bertz CT molecular complexity index is 663. The molecule has 1 aromatic heterocycles. The van der Waals surface area contributed by atoms with Crippen LogP contribution in [0, 0.1) is 6.92 Å². The molecule has 7 nitrogen and oxygen atoms in total. The molecule has 1 N–H and O–H groups in total. The summed E-state index contributed by atoms with van der Waals surface area (Å²) in [5.74, 6) is 2.65. The molecule has 0 fully saturated rings. The number of rotatable bonds is 7. The highest BCUT2D eigenvalue weighted by Crippen LogP contribution is 2.15. The van der Waals surface area contributed by atoms with Crippen LogP contribution in [0.3, 0.4) is 0 Å². The van der Waals surface area contributed by atoms with Crippen molar-refractivity contribution in [2.24, 2.45) is 4.99 Å². The molecule has 1 heterocycles. The third-order valence-electron chi connectivity index (χ3n) is 3.14. The van der Waals surface area contributed by atoms with Crippen LogP contribution in [0.5, 0.6) is 5.75 Å². The van der Waals surface area contributed by atoms with Crippen LogP contribution in [0.4, 0.5) is 0 Å². The lowest BCUT2D eigenvalue weighted by molar-refractivity contribution is 0.281. The van der Waals surface area contributed by atoms with Crippen LogP contribution in [0.2, 0.25) is 5.02 Å². The molecule has 0 atom stereocenters. The van der Waals surface area contributed by atoms with Gasteiger partial charge in [0.05, 0.1) is 6.54 Å². The number of guanidine groups is 1. The van der Waals surface area contributed by atoms with E-state index in [9.17, 15) is 0 Å². The van der Waals surface area contributed by atoms with Crippen LogP contribution in [-0.4, -0.2) is 47.7 Å². The van der Waals surface area contributed by atoms with Gasteiger partial charge in [0, 0.05) is 18.6 Å². The first-order chi connectivity index (χ1) is 11.6. The fourth-order valence-corrected chi connectivity index (χ4v) is 2.08. The second-order valence-corrected chi connectivity index (χ2v) is 5.57. The molecule has 2 rings (SSSR count). The van der Waals surface area contributed by atoms with Crippen molar-refractivity contribution in [2.45, 2.75) is 20.4 Å². The molecule has 0 aliphatic carbocycles. The zero-order valence-corrected chi connectivity index (χ0v) is 17.6. The topological polar surface area (TPSA) is 75.8 Å². The highest BCUT2D eigenvalue weighted by Gasteiger charge is 2.08. The van der Waals surface area contributed by atoms with Gasteiger partial charge in [0.1, 0.15) is 18.9 Å². The number of hydrogen-bond acceptors (Lipinski definition) is 5. The smallest absolute Gasteiger partial charge is 0.248 e. The number of ether oxygens (including phenoxy) is 1. The lowest BCUT2D eigenvalue weighted by Gasteiger charge is -2.21. The maximum absolute atomic E-state index is 5.85. The van der Waals surface area contributed by atoms with Crippen LogP contribution in [0.25, 0.3) is 0 Å². The molecular weight excluding hydrogens is 457 g/mol. The summed E-state index contributed by atoms with van der Waals surface area (Å²) in [4.78, 5) is 10.6. The zero-order valence-electron chi connectivity index (χ0n) is 14.5. The lowest BCUT2D eigenvalue weighted by atomic mass is 10.3. The van der Waals surface area contributed by atoms with Gasteiger partial charge in [-0.1, -0.05) is 16.8 Å². The third kappa shape index (κ3) is 7.47. The number of nitrogens with one attached hydrogen (secondary N) is 1. The predicted octanol–water partition coefficient (Wildman–Crippen LogP) is 3.13. The van der Waals surface area contributed by atoms with Gasteiger partial charge in [-0.05, 0) is 38.1 Å². The minimum Gasteiger partial charge on any atom is -0.492 e. The quantitative estimate of drug-likeness (QED) is 0.374. The monoisotopic (exact) mass is 479 g/mol. The molecule has 0 unspecified atom stereocenters. The summed E-state index contributed by atoms with van der Waals surface area (Å²) in [6.07, 6.45) is 0. The van der Waals surface area contributed by atoms with Gasteiger partial charge in [0.2, 0.25) is 5.89 Å². The SMILES string of the molecule is CCNC(=NCc1nc(C)no1)N(C)CCOc1ccc(Cl)cc1.I. The van der Waals surface area contributed by atoms with Crippen molar-refractivity contribution in [3.8, 4) is 5.75 Å². The van der Waals surface area contributed by atoms with Gasteiger partial charge < -0.3 is 19.5 Å². The van der Waals surface area contributed by atoms with Crippen LogP contribution < -0.4 is 10.1 Å². The van der Waals surface area contributed by atoms with Crippen molar-refractivity contribution in [1.29, 1.82) is 0 Å².